The van der Waals surface area contributed by atoms with Crippen molar-refractivity contribution in [2.75, 3.05) is 6.54 Å². The van der Waals surface area contributed by atoms with Crippen LogP contribution in [0.5, 0.6) is 0 Å². The molecule has 11 nitrogen and oxygen atoms in total. The number of nitrogens with one attached hydrogen (secondary N) is 1. The van der Waals surface area contributed by atoms with Gasteiger partial charge in [0.15, 0.2) is 0 Å². The topological polar surface area (TPSA) is 151 Å². The Balaban J connectivity index is 1.57. The van der Waals surface area contributed by atoms with E-state index in [0.29, 0.717) is 24.3 Å². The van der Waals surface area contributed by atoms with Gasteiger partial charge in [-0.1, -0.05) is 0 Å². The van der Waals surface area contributed by atoms with Crippen molar-refractivity contribution in [3.63, 3.8) is 0 Å². The summed E-state index contributed by atoms with van der Waals surface area (Å²) in [5.41, 5.74) is 8.27. The molecular formula is C13H22N4O7S. The molecule has 142 valence electrons. The molecule has 0 aromatic heterocycles. The van der Waals surface area contributed by atoms with Gasteiger partial charge in [0.1, 0.15) is 6.04 Å². The van der Waals surface area contributed by atoms with Crippen LogP contribution in [0.2, 0.25) is 0 Å². The van der Waals surface area contributed by atoms with Crippen molar-refractivity contribution < 1.29 is 31.7 Å². The first-order valence-electron chi connectivity index (χ1n) is 8.22. The van der Waals surface area contributed by atoms with Crippen LogP contribution < -0.4 is 11.2 Å². The quantitative estimate of drug-likeness (QED) is 0.420. The minimum atomic E-state index is -4.81. The maximum Gasteiger partial charge on any atom is 0.418 e. The minimum absolute atomic E-state index is 0.0531. The van der Waals surface area contributed by atoms with Crippen LogP contribution >= 0.6 is 0 Å². The Morgan fingerprint density at radius 1 is 1.28 bits per heavy atom. The van der Waals surface area contributed by atoms with Crippen LogP contribution in [0.1, 0.15) is 38.5 Å². The SMILES string of the molecule is NC1CCCC(ONC(=O)[C@@H]2CC[C@@H]3CN2C(=O)N3OS(=O)(=O)O)C1. The Morgan fingerprint density at radius 3 is 2.72 bits per heavy atom. The standard InChI is InChI=1S/C13H22N4O7S/c14-8-2-1-3-10(6-8)23-15-12(18)11-5-4-9-7-16(11)13(19)17(9)24-25(20,21)22/h8-11H,1-7,14H2,(H,15,18)(H,20,21,22)/t8?,9-,10?,11+/m1/s1. The molecule has 1 aliphatic carbocycles. The lowest BCUT2D eigenvalue weighted by molar-refractivity contribution is -0.145. The number of hydrogen-bond donors (Lipinski definition) is 3. The van der Waals surface area contributed by atoms with E-state index < -0.39 is 34.4 Å². The molecule has 3 rings (SSSR count). The highest BCUT2D eigenvalue weighted by atomic mass is 32.3. The molecule has 0 aromatic rings. The van der Waals surface area contributed by atoms with Gasteiger partial charge in [-0.3, -0.25) is 14.2 Å². The van der Waals surface area contributed by atoms with Crippen molar-refractivity contribution in [3.8, 4) is 0 Å². The molecule has 2 unspecified atom stereocenters. The van der Waals surface area contributed by atoms with Crippen LogP contribution in [0.4, 0.5) is 4.79 Å². The number of hydroxylamine groups is 3. The van der Waals surface area contributed by atoms with E-state index in [1.54, 1.807) is 0 Å². The number of hydrogen-bond acceptors (Lipinski definition) is 7. The van der Waals surface area contributed by atoms with Crippen molar-refractivity contribution in [2.45, 2.75) is 62.8 Å². The number of carbonyl (C=O) groups excluding carboxylic acids is 2. The first-order chi connectivity index (χ1) is 11.7. The lowest BCUT2D eigenvalue weighted by Crippen LogP contribution is -2.50. The zero-order valence-corrected chi connectivity index (χ0v) is 14.4. The van der Waals surface area contributed by atoms with Crippen LogP contribution in [-0.2, 0) is 24.3 Å². The third-order valence-corrected chi connectivity index (χ3v) is 5.14. The number of amides is 3. The molecule has 25 heavy (non-hydrogen) atoms. The van der Waals surface area contributed by atoms with Crippen molar-refractivity contribution >= 4 is 22.3 Å². The lowest BCUT2D eigenvalue weighted by atomic mass is 9.94. The molecule has 4 N–H and O–H groups in total. The zero-order valence-electron chi connectivity index (χ0n) is 13.5. The summed E-state index contributed by atoms with van der Waals surface area (Å²) in [5.74, 6) is -0.473. The normalized spacial score (nSPS) is 32.8. The molecule has 3 amide bonds. The third-order valence-electron chi connectivity index (χ3n) is 4.79. The van der Waals surface area contributed by atoms with E-state index in [0.717, 1.165) is 19.3 Å². The molecule has 2 bridgehead atoms. The summed E-state index contributed by atoms with van der Waals surface area (Å²) in [6, 6.07) is -2.04. The van der Waals surface area contributed by atoms with E-state index in [1.165, 1.54) is 4.90 Å². The largest absolute Gasteiger partial charge is 0.418 e. The number of rotatable bonds is 5. The van der Waals surface area contributed by atoms with E-state index in [1.807, 2.05) is 0 Å². The van der Waals surface area contributed by atoms with Gasteiger partial charge >= 0.3 is 16.4 Å². The Kier molecular flexibility index (Phi) is 5.16. The number of carbonyl (C=O) groups is 2. The maximum absolute atomic E-state index is 12.4. The first-order valence-corrected chi connectivity index (χ1v) is 9.59. The van der Waals surface area contributed by atoms with Gasteiger partial charge in [0.2, 0.25) is 0 Å². The van der Waals surface area contributed by atoms with Gasteiger partial charge in [0.05, 0.1) is 12.1 Å². The average molecular weight is 378 g/mol. The molecule has 3 aliphatic rings. The second kappa shape index (κ2) is 7.03. The highest BCUT2D eigenvalue weighted by molar-refractivity contribution is 7.80. The monoisotopic (exact) mass is 378 g/mol. The lowest BCUT2D eigenvalue weighted by Gasteiger charge is -2.30. The molecule has 2 heterocycles. The summed E-state index contributed by atoms with van der Waals surface area (Å²) >= 11 is 0. The van der Waals surface area contributed by atoms with Crippen molar-refractivity contribution in [1.29, 1.82) is 0 Å². The summed E-state index contributed by atoms with van der Waals surface area (Å²) in [6.45, 7) is 0.140. The van der Waals surface area contributed by atoms with Crippen LogP contribution in [-0.4, -0.2) is 65.6 Å². The number of piperidine rings is 1. The molecule has 0 spiro atoms. The molecule has 0 radical (unpaired) electrons. The molecule has 1 saturated carbocycles. The highest BCUT2D eigenvalue weighted by Crippen LogP contribution is 2.30. The molecule has 3 fully saturated rings. The minimum Gasteiger partial charge on any atom is -0.328 e. The van der Waals surface area contributed by atoms with Crippen LogP contribution in [0.3, 0.4) is 0 Å². The van der Waals surface area contributed by atoms with Gasteiger partial charge in [-0.05, 0) is 38.5 Å². The third kappa shape index (κ3) is 4.20. The van der Waals surface area contributed by atoms with E-state index in [4.69, 9.17) is 15.1 Å². The smallest absolute Gasteiger partial charge is 0.328 e. The first kappa shape index (κ1) is 18.3. The summed E-state index contributed by atoms with van der Waals surface area (Å²) in [5, 5.41) is 0.601. The zero-order chi connectivity index (χ0) is 18.2. The second-order valence-electron chi connectivity index (χ2n) is 6.64. The molecule has 0 aromatic carbocycles. The predicted molar refractivity (Wildman–Crippen MR) is 82.8 cm³/mol. The van der Waals surface area contributed by atoms with Crippen molar-refractivity contribution in [1.82, 2.24) is 15.4 Å². The van der Waals surface area contributed by atoms with Gasteiger partial charge in [-0.2, -0.15) is 13.5 Å². The Bertz CT molecular complexity index is 642. The number of urea groups is 1. The van der Waals surface area contributed by atoms with E-state index in [-0.39, 0.29) is 18.7 Å². The van der Waals surface area contributed by atoms with Crippen molar-refractivity contribution in [3.05, 3.63) is 0 Å². The second-order valence-corrected chi connectivity index (χ2v) is 7.65. The van der Waals surface area contributed by atoms with Gasteiger partial charge in [0.25, 0.3) is 5.91 Å². The molecule has 12 heteroatoms. The van der Waals surface area contributed by atoms with Gasteiger partial charge in [-0.25, -0.2) is 10.3 Å². The number of nitrogens with two attached hydrogens (primary N) is 1. The maximum atomic E-state index is 12.4. The van der Waals surface area contributed by atoms with Crippen LogP contribution in [0.25, 0.3) is 0 Å². The fourth-order valence-corrected chi connectivity index (χ4v) is 3.99. The summed E-state index contributed by atoms with van der Waals surface area (Å²) in [4.78, 5) is 31.2. The Labute approximate surface area is 145 Å². The highest BCUT2D eigenvalue weighted by Gasteiger charge is 2.49. The van der Waals surface area contributed by atoms with Crippen LogP contribution in [0, 0.1) is 0 Å². The summed E-state index contributed by atoms with van der Waals surface area (Å²) in [6.07, 6.45) is 3.87. The molecule has 2 saturated heterocycles. The summed E-state index contributed by atoms with van der Waals surface area (Å²) < 4.78 is 34.8. The van der Waals surface area contributed by atoms with Crippen LogP contribution in [0.15, 0.2) is 0 Å². The van der Waals surface area contributed by atoms with E-state index in [2.05, 4.69) is 9.76 Å². The molecular weight excluding hydrogens is 356 g/mol. The van der Waals surface area contributed by atoms with E-state index in [9.17, 15) is 18.0 Å². The van der Waals surface area contributed by atoms with Crippen molar-refractivity contribution in [2.24, 2.45) is 5.73 Å². The predicted octanol–water partition coefficient (Wildman–Crippen LogP) is -0.693. The fourth-order valence-electron chi connectivity index (χ4n) is 3.60. The van der Waals surface area contributed by atoms with Gasteiger partial charge < -0.3 is 10.6 Å². The number of nitrogens with zero attached hydrogens (tertiary/aromatic N) is 2. The average Bonchev–Trinajstić information content (AvgIpc) is 2.76. The Morgan fingerprint density at radius 2 is 2.04 bits per heavy atom. The molecule has 4 atom stereocenters. The fraction of sp³-hybridized carbons (Fsp3) is 0.846. The van der Waals surface area contributed by atoms with Gasteiger partial charge in [-0.15, -0.1) is 4.28 Å². The summed E-state index contributed by atoms with van der Waals surface area (Å²) in [7, 11) is -4.81. The van der Waals surface area contributed by atoms with Gasteiger partial charge in [0, 0.05) is 12.6 Å². The van der Waals surface area contributed by atoms with E-state index >= 15 is 0 Å². The number of fused-ring (bicyclic) bond motifs is 2. The molecule has 2 aliphatic heterocycles. The Hall–Kier alpha value is -1.47.